The SMILES string of the molecule is Cc1cnc([C@@H]2N[C@](Cn3cccn3)(C(=O)O)C[C@@H]2c2cnccn2)s1. The summed E-state index contributed by atoms with van der Waals surface area (Å²) in [5, 5.41) is 18.4. The Labute approximate surface area is 154 Å². The van der Waals surface area contributed by atoms with Crippen molar-refractivity contribution < 1.29 is 9.90 Å². The van der Waals surface area contributed by atoms with Crippen LogP contribution in [0.2, 0.25) is 0 Å². The van der Waals surface area contributed by atoms with Crippen LogP contribution < -0.4 is 5.32 Å². The zero-order valence-corrected chi connectivity index (χ0v) is 14.9. The number of nitrogens with zero attached hydrogens (tertiary/aromatic N) is 5. The number of thiazole rings is 1. The number of carbonyl (C=O) groups is 1. The summed E-state index contributed by atoms with van der Waals surface area (Å²) in [7, 11) is 0. The Morgan fingerprint density at radius 1 is 1.38 bits per heavy atom. The first-order valence-electron chi connectivity index (χ1n) is 8.24. The molecule has 4 heterocycles. The molecular formula is C17H18N6O2S. The van der Waals surface area contributed by atoms with Gasteiger partial charge in [-0.15, -0.1) is 11.3 Å². The van der Waals surface area contributed by atoms with Crippen LogP contribution in [-0.4, -0.2) is 41.3 Å². The van der Waals surface area contributed by atoms with Crippen molar-refractivity contribution in [3.63, 3.8) is 0 Å². The maximum atomic E-state index is 12.3. The third-order valence-corrected chi connectivity index (χ3v) is 5.67. The highest BCUT2D eigenvalue weighted by molar-refractivity contribution is 7.11. The fourth-order valence-corrected chi connectivity index (χ4v) is 4.37. The molecule has 0 unspecified atom stereocenters. The van der Waals surface area contributed by atoms with Gasteiger partial charge in [-0.3, -0.25) is 24.8 Å². The maximum Gasteiger partial charge on any atom is 0.325 e. The topological polar surface area (TPSA) is 106 Å². The lowest BCUT2D eigenvalue weighted by molar-refractivity contribution is -0.145. The quantitative estimate of drug-likeness (QED) is 0.705. The first-order valence-corrected chi connectivity index (χ1v) is 9.06. The molecule has 0 saturated carbocycles. The molecule has 1 fully saturated rings. The molecule has 0 amide bonds. The molecule has 3 aromatic rings. The third kappa shape index (κ3) is 2.99. The molecule has 0 bridgehead atoms. The molecule has 1 saturated heterocycles. The van der Waals surface area contributed by atoms with Gasteiger partial charge in [0, 0.05) is 48.0 Å². The lowest BCUT2D eigenvalue weighted by Crippen LogP contribution is -2.51. The molecule has 0 spiro atoms. The predicted octanol–water partition coefficient (Wildman–Crippen LogP) is 1.78. The van der Waals surface area contributed by atoms with Crippen molar-refractivity contribution in [1.82, 2.24) is 30.0 Å². The van der Waals surface area contributed by atoms with Crippen LogP contribution in [0.15, 0.2) is 43.2 Å². The van der Waals surface area contributed by atoms with Gasteiger partial charge in [0.05, 0.1) is 18.3 Å². The Kier molecular flexibility index (Phi) is 4.25. The number of aliphatic carboxylic acids is 1. The molecule has 9 heteroatoms. The van der Waals surface area contributed by atoms with Gasteiger partial charge in [0.15, 0.2) is 0 Å². The van der Waals surface area contributed by atoms with E-state index >= 15 is 0 Å². The van der Waals surface area contributed by atoms with Crippen LogP contribution >= 0.6 is 11.3 Å². The Balaban J connectivity index is 1.74. The van der Waals surface area contributed by atoms with Gasteiger partial charge in [-0.2, -0.15) is 5.10 Å². The molecule has 3 aromatic heterocycles. The summed E-state index contributed by atoms with van der Waals surface area (Å²) in [5.41, 5.74) is -0.389. The molecule has 4 rings (SSSR count). The number of carboxylic acids is 1. The molecular weight excluding hydrogens is 352 g/mol. The van der Waals surface area contributed by atoms with E-state index in [9.17, 15) is 9.90 Å². The normalized spacial score (nSPS) is 25.4. The molecule has 0 aromatic carbocycles. The highest BCUT2D eigenvalue weighted by Crippen LogP contribution is 2.45. The molecule has 3 atom stereocenters. The minimum atomic E-state index is -1.15. The van der Waals surface area contributed by atoms with Crippen LogP contribution in [0.25, 0.3) is 0 Å². The zero-order chi connectivity index (χ0) is 18.1. The first kappa shape index (κ1) is 16.8. The largest absolute Gasteiger partial charge is 0.480 e. The molecule has 0 aliphatic carbocycles. The van der Waals surface area contributed by atoms with Crippen molar-refractivity contribution in [3.05, 3.63) is 58.8 Å². The number of nitrogens with one attached hydrogen (secondary N) is 1. The molecule has 134 valence electrons. The third-order valence-electron chi connectivity index (χ3n) is 4.67. The molecule has 26 heavy (non-hydrogen) atoms. The van der Waals surface area contributed by atoms with Gasteiger partial charge in [-0.25, -0.2) is 4.98 Å². The van der Waals surface area contributed by atoms with E-state index in [0.717, 1.165) is 15.6 Å². The summed E-state index contributed by atoms with van der Waals surface area (Å²) in [4.78, 5) is 26.4. The molecule has 0 radical (unpaired) electrons. The van der Waals surface area contributed by atoms with Crippen molar-refractivity contribution in [1.29, 1.82) is 0 Å². The highest BCUT2D eigenvalue weighted by Gasteiger charge is 2.52. The molecule has 1 aliphatic heterocycles. The fourth-order valence-electron chi connectivity index (χ4n) is 3.48. The Bertz CT molecular complexity index is 897. The molecule has 2 N–H and O–H groups in total. The highest BCUT2D eigenvalue weighted by atomic mass is 32.1. The van der Waals surface area contributed by atoms with Crippen LogP contribution in [0.5, 0.6) is 0 Å². The predicted molar refractivity (Wildman–Crippen MR) is 94.7 cm³/mol. The van der Waals surface area contributed by atoms with E-state index in [1.807, 2.05) is 13.1 Å². The number of hydrogen-bond donors (Lipinski definition) is 2. The summed E-state index contributed by atoms with van der Waals surface area (Å²) in [5.74, 6) is -1.04. The van der Waals surface area contributed by atoms with Crippen molar-refractivity contribution >= 4 is 17.3 Å². The van der Waals surface area contributed by atoms with E-state index in [4.69, 9.17) is 0 Å². The van der Waals surface area contributed by atoms with Crippen LogP contribution in [0.1, 0.15) is 34.0 Å². The van der Waals surface area contributed by atoms with Crippen molar-refractivity contribution in [2.24, 2.45) is 0 Å². The van der Waals surface area contributed by atoms with Crippen LogP contribution in [0.4, 0.5) is 0 Å². The Hall–Kier alpha value is -2.65. The standard InChI is InChI=1S/C17H18N6O2S/c1-11-8-20-15(26-11)14-12(13-9-18-4-5-19-13)7-17(22-14,16(24)25)10-23-6-2-3-21-23/h2-6,8-9,12,14,22H,7,10H2,1H3,(H,24,25)/t12-,14-,17-/m1/s1. The van der Waals surface area contributed by atoms with E-state index in [0.29, 0.717) is 6.42 Å². The van der Waals surface area contributed by atoms with E-state index in [2.05, 4.69) is 25.4 Å². The second kappa shape index (κ2) is 6.58. The summed E-state index contributed by atoms with van der Waals surface area (Å²) < 4.78 is 1.64. The van der Waals surface area contributed by atoms with Gasteiger partial charge in [-0.05, 0) is 19.4 Å². The van der Waals surface area contributed by atoms with Gasteiger partial charge in [0.1, 0.15) is 10.5 Å². The van der Waals surface area contributed by atoms with Gasteiger partial charge in [0.2, 0.25) is 0 Å². The summed E-state index contributed by atoms with van der Waals surface area (Å²) >= 11 is 1.57. The van der Waals surface area contributed by atoms with Gasteiger partial charge < -0.3 is 5.11 Å². The molecule has 8 nitrogen and oxygen atoms in total. The second-order valence-electron chi connectivity index (χ2n) is 6.46. The van der Waals surface area contributed by atoms with Gasteiger partial charge >= 0.3 is 5.97 Å². The van der Waals surface area contributed by atoms with Crippen LogP contribution in [0.3, 0.4) is 0 Å². The van der Waals surface area contributed by atoms with E-state index in [1.165, 1.54) is 0 Å². The summed E-state index contributed by atoms with van der Waals surface area (Å²) in [6.45, 7) is 2.22. The van der Waals surface area contributed by atoms with Crippen LogP contribution in [0, 0.1) is 6.92 Å². The van der Waals surface area contributed by atoms with Gasteiger partial charge in [0.25, 0.3) is 0 Å². The Morgan fingerprint density at radius 3 is 2.88 bits per heavy atom. The first-order chi connectivity index (χ1) is 12.6. The Morgan fingerprint density at radius 2 is 2.27 bits per heavy atom. The fraction of sp³-hybridized carbons (Fsp3) is 0.353. The maximum absolute atomic E-state index is 12.3. The van der Waals surface area contributed by atoms with E-state index in [-0.39, 0.29) is 18.5 Å². The molecule has 1 aliphatic rings. The van der Waals surface area contributed by atoms with Crippen molar-refractivity contribution in [2.45, 2.75) is 37.4 Å². The minimum absolute atomic E-state index is 0.138. The zero-order valence-electron chi connectivity index (χ0n) is 14.1. The number of aryl methyl sites for hydroxylation is 1. The van der Waals surface area contributed by atoms with Crippen LogP contribution in [-0.2, 0) is 11.3 Å². The average molecular weight is 370 g/mol. The van der Waals surface area contributed by atoms with E-state index in [1.54, 1.807) is 53.1 Å². The second-order valence-corrected chi connectivity index (χ2v) is 7.73. The lowest BCUT2D eigenvalue weighted by Gasteiger charge is -2.25. The average Bonchev–Trinajstić information content (AvgIpc) is 3.36. The lowest BCUT2D eigenvalue weighted by atomic mass is 9.89. The monoisotopic (exact) mass is 370 g/mol. The summed E-state index contributed by atoms with van der Waals surface area (Å²) in [6.07, 6.45) is 10.5. The summed E-state index contributed by atoms with van der Waals surface area (Å²) in [6, 6.07) is 1.55. The number of rotatable bonds is 5. The number of carboxylic acid groups (broad SMARTS) is 1. The van der Waals surface area contributed by atoms with Crippen molar-refractivity contribution in [3.8, 4) is 0 Å². The van der Waals surface area contributed by atoms with Crippen molar-refractivity contribution in [2.75, 3.05) is 0 Å². The van der Waals surface area contributed by atoms with Gasteiger partial charge in [-0.1, -0.05) is 0 Å². The smallest absolute Gasteiger partial charge is 0.325 e. The van der Waals surface area contributed by atoms with E-state index < -0.39 is 11.5 Å². The minimum Gasteiger partial charge on any atom is -0.480 e. The number of hydrogen-bond acceptors (Lipinski definition) is 7. The number of aromatic nitrogens is 5.